The van der Waals surface area contributed by atoms with Crippen molar-refractivity contribution < 1.29 is 8.83 Å². The molecule has 42 heavy (non-hydrogen) atoms. The first-order valence-corrected chi connectivity index (χ1v) is 14.4. The van der Waals surface area contributed by atoms with Crippen LogP contribution in [0.4, 0.5) is 0 Å². The maximum absolute atomic E-state index is 9.85. The van der Waals surface area contributed by atoms with Gasteiger partial charge in [0, 0.05) is 16.3 Å². The van der Waals surface area contributed by atoms with Gasteiger partial charge in [0.25, 0.3) is 0 Å². The fourth-order valence-corrected chi connectivity index (χ4v) is 6.06. The smallest absolute Gasteiger partial charge is 0.231 e. The van der Waals surface area contributed by atoms with Crippen LogP contribution in [0.2, 0.25) is 0 Å². The maximum atomic E-state index is 9.85. The Bertz CT molecular complexity index is 2130. The van der Waals surface area contributed by atoms with Crippen molar-refractivity contribution in [1.82, 2.24) is 4.98 Å². The predicted octanol–water partition coefficient (Wildman–Crippen LogP) is 10.8. The van der Waals surface area contributed by atoms with E-state index in [1.54, 1.807) is 0 Å². The number of nitrogens with zero attached hydrogens (tertiary/aromatic N) is 2. The fraction of sp³-hybridized carbons (Fsp3) is 0.158. The highest BCUT2D eigenvalue weighted by atomic mass is 16.4. The zero-order chi connectivity index (χ0) is 29.0. The molecule has 7 rings (SSSR count). The van der Waals surface area contributed by atoms with Crippen molar-refractivity contribution in [1.29, 1.82) is 5.26 Å². The highest BCUT2D eigenvalue weighted by molar-refractivity contribution is 6.12. The van der Waals surface area contributed by atoms with E-state index >= 15 is 0 Å². The molecule has 0 saturated carbocycles. The minimum absolute atomic E-state index is 0.299. The lowest BCUT2D eigenvalue weighted by atomic mass is 9.82. The molecule has 0 aliphatic carbocycles. The van der Waals surface area contributed by atoms with Gasteiger partial charge >= 0.3 is 0 Å². The molecule has 5 aromatic carbocycles. The second-order valence-corrected chi connectivity index (χ2v) is 11.5. The van der Waals surface area contributed by atoms with Crippen molar-refractivity contribution in [2.24, 2.45) is 0 Å². The van der Waals surface area contributed by atoms with Crippen LogP contribution in [-0.4, -0.2) is 4.98 Å². The van der Waals surface area contributed by atoms with Gasteiger partial charge in [-0.1, -0.05) is 100 Å². The standard InChI is InChI=1S/C38H30N2O2/c1-22(2)30-19-26(24-11-6-5-7-12-24)20-31(23(3)4)35(30)28-14-10-15-32-36(28)42-38(40-32)29-18-17-25(21-39)34-27-13-8-9-16-33(27)41-37(29)34/h5-20,22-23H,1-4H3. The molecule has 4 nitrogen and oxygen atoms in total. The van der Waals surface area contributed by atoms with Crippen LogP contribution in [0.5, 0.6) is 0 Å². The van der Waals surface area contributed by atoms with Crippen molar-refractivity contribution in [2.45, 2.75) is 39.5 Å². The Kier molecular flexibility index (Phi) is 6.17. The first-order chi connectivity index (χ1) is 20.4. The van der Waals surface area contributed by atoms with Crippen molar-refractivity contribution in [2.75, 3.05) is 0 Å². The number of oxazole rings is 1. The van der Waals surface area contributed by atoms with E-state index in [1.807, 2.05) is 42.5 Å². The molecule has 0 fully saturated rings. The molecule has 0 saturated heterocycles. The summed E-state index contributed by atoms with van der Waals surface area (Å²) < 4.78 is 12.9. The van der Waals surface area contributed by atoms with Gasteiger partial charge in [0.05, 0.1) is 17.2 Å². The summed E-state index contributed by atoms with van der Waals surface area (Å²) in [6.07, 6.45) is 0. The fourth-order valence-electron chi connectivity index (χ4n) is 6.06. The van der Waals surface area contributed by atoms with Gasteiger partial charge in [-0.05, 0) is 63.9 Å². The molecule has 204 valence electrons. The van der Waals surface area contributed by atoms with Crippen LogP contribution in [-0.2, 0) is 0 Å². The summed E-state index contributed by atoms with van der Waals surface area (Å²) in [5.41, 5.74) is 11.4. The zero-order valence-electron chi connectivity index (χ0n) is 24.1. The summed E-state index contributed by atoms with van der Waals surface area (Å²) in [5, 5.41) is 11.5. The Morgan fingerprint density at radius 3 is 2.10 bits per heavy atom. The lowest BCUT2D eigenvalue weighted by Gasteiger charge is -2.22. The summed E-state index contributed by atoms with van der Waals surface area (Å²) in [5.74, 6) is 1.07. The summed E-state index contributed by atoms with van der Waals surface area (Å²) in [4.78, 5) is 4.95. The number of fused-ring (bicyclic) bond motifs is 4. The largest absolute Gasteiger partial charge is 0.455 e. The second kappa shape index (κ2) is 10.0. The van der Waals surface area contributed by atoms with E-state index in [-0.39, 0.29) is 0 Å². The summed E-state index contributed by atoms with van der Waals surface area (Å²) in [6, 6.07) is 35.2. The molecule has 2 aromatic heterocycles. The van der Waals surface area contributed by atoms with Crippen LogP contribution in [0.15, 0.2) is 106 Å². The Morgan fingerprint density at radius 1 is 0.667 bits per heavy atom. The molecule has 0 aliphatic rings. The third-order valence-corrected chi connectivity index (χ3v) is 8.11. The lowest BCUT2D eigenvalue weighted by molar-refractivity contribution is 0.616. The SMILES string of the molecule is CC(C)c1cc(-c2ccccc2)cc(C(C)C)c1-c1cccc2nc(-c3ccc(C#N)c4c3oc3ccccc34)oc12. The topological polar surface area (TPSA) is 63.0 Å². The summed E-state index contributed by atoms with van der Waals surface area (Å²) in [6.45, 7) is 8.99. The van der Waals surface area contributed by atoms with Crippen LogP contribution < -0.4 is 0 Å². The molecule has 4 heteroatoms. The molecule has 0 unspecified atom stereocenters. The molecule has 0 radical (unpaired) electrons. The number of benzene rings is 5. The average Bonchev–Trinajstić information content (AvgIpc) is 3.62. The Balaban J connectivity index is 1.48. The van der Waals surface area contributed by atoms with E-state index in [1.165, 1.54) is 27.8 Å². The van der Waals surface area contributed by atoms with E-state index in [9.17, 15) is 5.26 Å². The number of aromatic nitrogens is 1. The van der Waals surface area contributed by atoms with Crippen LogP contribution in [0.25, 0.3) is 66.7 Å². The Morgan fingerprint density at radius 2 is 1.38 bits per heavy atom. The number of hydrogen-bond donors (Lipinski definition) is 0. The minimum Gasteiger partial charge on any atom is -0.455 e. The van der Waals surface area contributed by atoms with Gasteiger partial charge in [-0.3, -0.25) is 0 Å². The van der Waals surface area contributed by atoms with E-state index in [0.29, 0.717) is 28.9 Å². The first-order valence-electron chi connectivity index (χ1n) is 14.4. The molecule has 2 heterocycles. The number of furan rings is 1. The third-order valence-electron chi connectivity index (χ3n) is 8.11. The van der Waals surface area contributed by atoms with Crippen LogP contribution >= 0.6 is 0 Å². The van der Waals surface area contributed by atoms with Gasteiger partial charge < -0.3 is 8.83 Å². The van der Waals surface area contributed by atoms with E-state index < -0.39 is 0 Å². The number of nitriles is 1. The molecule has 0 amide bonds. The second-order valence-electron chi connectivity index (χ2n) is 11.5. The maximum Gasteiger partial charge on any atom is 0.231 e. The molecule has 0 atom stereocenters. The van der Waals surface area contributed by atoms with Gasteiger partial charge in [-0.2, -0.15) is 5.26 Å². The third kappa shape index (κ3) is 4.09. The first kappa shape index (κ1) is 25.8. The highest BCUT2D eigenvalue weighted by Crippen LogP contribution is 2.44. The van der Waals surface area contributed by atoms with Gasteiger partial charge in [-0.25, -0.2) is 4.98 Å². The van der Waals surface area contributed by atoms with Gasteiger partial charge in [0.15, 0.2) is 5.58 Å². The molecule has 0 aliphatic heterocycles. The van der Waals surface area contributed by atoms with E-state index in [0.717, 1.165) is 38.6 Å². The van der Waals surface area contributed by atoms with Crippen LogP contribution in [0.1, 0.15) is 56.2 Å². The van der Waals surface area contributed by atoms with Gasteiger partial charge in [0.2, 0.25) is 5.89 Å². The minimum atomic E-state index is 0.299. The van der Waals surface area contributed by atoms with E-state index in [2.05, 4.69) is 88.4 Å². The molecular formula is C38H30N2O2. The van der Waals surface area contributed by atoms with Crippen molar-refractivity contribution in [3.63, 3.8) is 0 Å². The normalized spacial score (nSPS) is 11.7. The van der Waals surface area contributed by atoms with E-state index in [4.69, 9.17) is 13.8 Å². The monoisotopic (exact) mass is 546 g/mol. The van der Waals surface area contributed by atoms with Crippen LogP contribution in [0.3, 0.4) is 0 Å². The van der Waals surface area contributed by atoms with Gasteiger partial charge in [-0.15, -0.1) is 0 Å². The Labute approximate surface area is 244 Å². The van der Waals surface area contributed by atoms with Crippen molar-refractivity contribution in [3.05, 3.63) is 114 Å². The molecule has 7 aromatic rings. The highest BCUT2D eigenvalue weighted by Gasteiger charge is 2.24. The van der Waals surface area contributed by atoms with Gasteiger partial charge in [0.1, 0.15) is 16.7 Å². The molecule has 0 bridgehead atoms. The van der Waals surface area contributed by atoms with Crippen molar-refractivity contribution >= 4 is 33.0 Å². The zero-order valence-corrected chi connectivity index (χ0v) is 24.1. The summed E-state index contributed by atoms with van der Waals surface area (Å²) >= 11 is 0. The summed E-state index contributed by atoms with van der Waals surface area (Å²) in [7, 11) is 0. The molecular weight excluding hydrogens is 516 g/mol. The molecule has 0 N–H and O–H groups in total. The predicted molar refractivity (Wildman–Crippen MR) is 170 cm³/mol. The number of para-hydroxylation sites is 2. The lowest BCUT2D eigenvalue weighted by Crippen LogP contribution is -2.01. The molecule has 0 spiro atoms. The quantitative estimate of drug-likeness (QED) is 0.215. The van der Waals surface area contributed by atoms with Crippen molar-refractivity contribution in [3.8, 4) is 39.8 Å². The average molecular weight is 547 g/mol. The Hall–Kier alpha value is -5.14. The number of hydrogen-bond acceptors (Lipinski definition) is 4. The van der Waals surface area contributed by atoms with Crippen LogP contribution in [0, 0.1) is 11.3 Å². The number of rotatable bonds is 5.